The predicted octanol–water partition coefficient (Wildman–Crippen LogP) is 5.62. The number of urea groups is 1. The molecule has 2 N–H and O–H groups in total. The van der Waals surface area contributed by atoms with Crippen molar-refractivity contribution in [2.75, 3.05) is 26.6 Å². The number of hydrogen-bond donors (Lipinski definition) is 2. The summed E-state index contributed by atoms with van der Waals surface area (Å²) in [6.07, 6.45) is 4.28. The largest absolute Gasteiger partial charge is 0.497 e. The molecule has 192 valence electrons. The Labute approximate surface area is 212 Å². The number of anilines is 1. The fourth-order valence-corrected chi connectivity index (χ4v) is 5.09. The number of benzene rings is 2. The van der Waals surface area contributed by atoms with Crippen LogP contribution in [0.3, 0.4) is 0 Å². The van der Waals surface area contributed by atoms with Gasteiger partial charge in [0, 0.05) is 13.1 Å². The Bertz CT molecular complexity index is 1160. The SMILES string of the molecule is COc1ccc(-c2ccc(NC(=O)N(C)C3CCC(C(C)(C)C)CC3)c(OC)c2-c2nn[nH]n2)cc1. The second-order valence-electron chi connectivity index (χ2n) is 10.4. The highest BCUT2D eigenvalue weighted by atomic mass is 16.5. The zero-order chi connectivity index (χ0) is 25.9. The summed E-state index contributed by atoms with van der Waals surface area (Å²) >= 11 is 0. The van der Waals surface area contributed by atoms with E-state index >= 15 is 0 Å². The molecule has 1 aliphatic carbocycles. The van der Waals surface area contributed by atoms with Gasteiger partial charge in [-0.15, -0.1) is 10.2 Å². The monoisotopic (exact) mass is 492 g/mol. The van der Waals surface area contributed by atoms with Gasteiger partial charge in [0.2, 0.25) is 5.82 Å². The van der Waals surface area contributed by atoms with Gasteiger partial charge in [-0.3, -0.25) is 0 Å². The van der Waals surface area contributed by atoms with E-state index in [0.717, 1.165) is 42.6 Å². The van der Waals surface area contributed by atoms with Crippen molar-refractivity contribution in [3.05, 3.63) is 36.4 Å². The molecule has 0 aliphatic heterocycles. The van der Waals surface area contributed by atoms with Gasteiger partial charge >= 0.3 is 6.03 Å². The Morgan fingerprint density at radius 1 is 1.03 bits per heavy atom. The minimum atomic E-state index is -0.163. The first kappa shape index (κ1) is 25.5. The Morgan fingerprint density at radius 3 is 2.28 bits per heavy atom. The van der Waals surface area contributed by atoms with E-state index in [9.17, 15) is 4.79 Å². The number of ether oxygens (including phenoxy) is 2. The molecule has 0 spiro atoms. The van der Waals surface area contributed by atoms with Crippen LogP contribution in [0.15, 0.2) is 36.4 Å². The highest BCUT2D eigenvalue weighted by Gasteiger charge is 2.32. The molecule has 0 saturated heterocycles. The third-order valence-corrected chi connectivity index (χ3v) is 7.36. The van der Waals surface area contributed by atoms with Crippen LogP contribution in [0.2, 0.25) is 0 Å². The van der Waals surface area contributed by atoms with Crippen molar-refractivity contribution >= 4 is 11.7 Å². The van der Waals surface area contributed by atoms with E-state index in [0.29, 0.717) is 34.2 Å². The van der Waals surface area contributed by atoms with Crippen molar-refractivity contribution in [1.29, 1.82) is 0 Å². The first-order valence-electron chi connectivity index (χ1n) is 12.4. The van der Waals surface area contributed by atoms with Gasteiger partial charge in [0.15, 0.2) is 5.75 Å². The molecule has 0 radical (unpaired) electrons. The first-order valence-corrected chi connectivity index (χ1v) is 12.4. The van der Waals surface area contributed by atoms with Crippen LogP contribution in [-0.4, -0.2) is 58.9 Å². The predicted molar refractivity (Wildman–Crippen MR) is 140 cm³/mol. The second kappa shape index (κ2) is 10.6. The lowest BCUT2D eigenvalue weighted by atomic mass is 9.71. The lowest BCUT2D eigenvalue weighted by Gasteiger charge is -2.39. The molecule has 1 heterocycles. The molecule has 9 nitrogen and oxygen atoms in total. The van der Waals surface area contributed by atoms with Gasteiger partial charge < -0.3 is 19.7 Å². The van der Waals surface area contributed by atoms with Crippen molar-refractivity contribution in [2.24, 2.45) is 11.3 Å². The number of carbonyl (C=O) groups excluding carboxylic acids is 1. The zero-order valence-electron chi connectivity index (χ0n) is 22.0. The van der Waals surface area contributed by atoms with Crippen LogP contribution >= 0.6 is 0 Å². The minimum Gasteiger partial charge on any atom is -0.497 e. The number of methoxy groups -OCH3 is 2. The maximum absolute atomic E-state index is 13.3. The fourth-order valence-electron chi connectivity index (χ4n) is 5.09. The maximum Gasteiger partial charge on any atom is 0.321 e. The van der Waals surface area contributed by atoms with E-state index < -0.39 is 0 Å². The van der Waals surface area contributed by atoms with E-state index in [4.69, 9.17) is 9.47 Å². The van der Waals surface area contributed by atoms with Crippen molar-refractivity contribution in [1.82, 2.24) is 25.5 Å². The summed E-state index contributed by atoms with van der Waals surface area (Å²) in [5, 5.41) is 17.7. The van der Waals surface area contributed by atoms with E-state index in [1.165, 1.54) is 0 Å². The summed E-state index contributed by atoms with van der Waals surface area (Å²) in [5.41, 5.74) is 3.27. The number of hydrogen-bond acceptors (Lipinski definition) is 6. The molecule has 1 aromatic heterocycles. The Kier molecular flexibility index (Phi) is 7.47. The van der Waals surface area contributed by atoms with Crippen molar-refractivity contribution in [3.8, 4) is 34.0 Å². The van der Waals surface area contributed by atoms with Crippen molar-refractivity contribution in [3.63, 3.8) is 0 Å². The molecule has 36 heavy (non-hydrogen) atoms. The Hall–Kier alpha value is -3.62. The van der Waals surface area contributed by atoms with E-state index in [1.54, 1.807) is 14.2 Å². The summed E-state index contributed by atoms with van der Waals surface area (Å²) in [6, 6.07) is 11.5. The van der Waals surface area contributed by atoms with Gasteiger partial charge in [-0.2, -0.15) is 5.21 Å². The lowest BCUT2D eigenvalue weighted by molar-refractivity contribution is 0.124. The Balaban J connectivity index is 1.60. The summed E-state index contributed by atoms with van der Waals surface area (Å²) in [6.45, 7) is 6.91. The van der Waals surface area contributed by atoms with Crippen LogP contribution in [-0.2, 0) is 0 Å². The van der Waals surface area contributed by atoms with Gasteiger partial charge in [0.05, 0.1) is 25.5 Å². The molecule has 9 heteroatoms. The number of aromatic nitrogens is 4. The van der Waals surface area contributed by atoms with Gasteiger partial charge in [-0.25, -0.2) is 4.79 Å². The number of H-pyrrole nitrogens is 1. The number of tetrazole rings is 1. The van der Waals surface area contributed by atoms with Crippen LogP contribution in [0.5, 0.6) is 11.5 Å². The summed E-state index contributed by atoms with van der Waals surface area (Å²) in [5.74, 6) is 2.30. The van der Waals surface area contributed by atoms with Gasteiger partial charge in [0.1, 0.15) is 5.75 Å². The number of carbonyl (C=O) groups is 1. The molecule has 0 bridgehead atoms. The van der Waals surface area contributed by atoms with E-state index in [-0.39, 0.29) is 12.1 Å². The van der Waals surface area contributed by atoms with Crippen molar-refractivity contribution in [2.45, 2.75) is 52.5 Å². The van der Waals surface area contributed by atoms with Gasteiger partial charge in [-0.05, 0) is 71.6 Å². The molecular weight excluding hydrogens is 456 g/mol. The van der Waals surface area contributed by atoms with Crippen LogP contribution in [0.4, 0.5) is 10.5 Å². The third-order valence-electron chi connectivity index (χ3n) is 7.36. The summed E-state index contributed by atoms with van der Waals surface area (Å²) in [7, 11) is 5.08. The minimum absolute atomic E-state index is 0.163. The van der Waals surface area contributed by atoms with Gasteiger partial charge in [-0.1, -0.05) is 39.0 Å². The maximum atomic E-state index is 13.3. The topological polar surface area (TPSA) is 105 Å². The summed E-state index contributed by atoms with van der Waals surface area (Å²) in [4.78, 5) is 15.1. The molecule has 1 saturated carbocycles. The third kappa shape index (κ3) is 5.29. The molecule has 1 fully saturated rings. The highest BCUT2D eigenvalue weighted by Crippen LogP contribution is 2.43. The molecule has 3 aromatic rings. The molecule has 2 amide bonds. The van der Waals surface area contributed by atoms with Crippen LogP contribution < -0.4 is 14.8 Å². The molecular formula is C27H36N6O3. The lowest BCUT2D eigenvalue weighted by Crippen LogP contribution is -2.43. The van der Waals surface area contributed by atoms with E-state index in [2.05, 4.69) is 46.7 Å². The normalized spacial score (nSPS) is 17.9. The van der Waals surface area contributed by atoms with Crippen LogP contribution in [0.25, 0.3) is 22.5 Å². The average molecular weight is 493 g/mol. The number of aromatic amines is 1. The Morgan fingerprint density at radius 2 is 1.72 bits per heavy atom. The average Bonchev–Trinajstić information content (AvgIpc) is 3.42. The van der Waals surface area contributed by atoms with Gasteiger partial charge in [0.25, 0.3) is 0 Å². The number of amides is 2. The molecule has 2 aromatic carbocycles. The fraction of sp³-hybridized carbons (Fsp3) is 0.481. The first-order chi connectivity index (χ1) is 17.2. The molecule has 0 atom stereocenters. The zero-order valence-corrected chi connectivity index (χ0v) is 22.0. The standard InChI is InChI=1S/C27H36N6O3/c1-27(2,3)18-9-11-19(12-10-18)33(4)26(34)28-22-16-15-21(17-7-13-20(35-5)14-8-17)23(24(22)36-6)25-29-31-32-30-25/h7-8,13-16,18-19H,9-12H2,1-6H3,(H,28,34)(H,29,30,31,32). The number of rotatable bonds is 6. The highest BCUT2D eigenvalue weighted by molar-refractivity contribution is 5.96. The second-order valence-corrected chi connectivity index (χ2v) is 10.4. The molecule has 1 aliphatic rings. The van der Waals surface area contributed by atoms with Crippen LogP contribution in [0, 0.1) is 11.3 Å². The van der Waals surface area contributed by atoms with E-state index in [1.807, 2.05) is 48.3 Å². The van der Waals surface area contributed by atoms with Crippen LogP contribution in [0.1, 0.15) is 46.5 Å². The van der Waals surface area contributed by atoms with Crippen molar-refractivity contribution < 1.29 is 14.3 Å². The quantitative estimate of drug-likeness (QED) is 0.463. The molecule has 0 unspecified atom stereocenters. The number of nitrogens with one attached hydrogen (secondary N) is 2. The summed E-state index contributed by atoms with van der Waals surface area (Å²) < 4.78 is 11.1. The smallest absolute Gasteiger partial charge is 0.321 e. The number of nitrogens with zero attached hydrogens (tertiary/aromatic N) is 4. The molecule has 4 rings (SSSR count).